The highest BCUT2D eigenvalue weighted by molar-refractivity contribution is 6.29. The number of carbonyl (C=O) groups is 1. The lowest BCUT2D eigenvalue weighted by molar-refractivity contribution is 0.102. The Morgan fingerprint density at radius 1 is 1.11 bits per heavy atom. The van der Waals surface area contributed by atoms with Crippen LogP contribution in [0.2, 0.25) is 5.15 Å². The van der Waals surface area contributed by atoms with E-state index in [0.717, 1.165) is 16.8 Å². The van der Waals surface area contributed by atoms with Crippen LogP contribution in [0.15, 0.2) is 24.5 Å². The number of nitrogens with one attached hydrogen (secondary N) is 1. The predicted molar refractivity (Wildman–Crippen MR) is 75.6 cm³/mol. The molecular weight excluding hydrogens is 262 g/mol. The summed E-state index contributed by atoms with van der Waals surface area (Å²) in [5, 5.41) is 3.12. The molecule has 1 amide bonds. The molecule has 0 atom stereocenters. The topological polar surface area (TPSA) is 54.9 Å². The molecule has 4 nitrogen and oxygen atoms in total. The van der Waals surface area contributed by atoms with Gasteiger partial charge in [-0.05, 0) is 31.9 Å². The van der Waals surface area contributed by atoms with Gasteiger partial charge in [0.25, 0.3) is 5.91 Å². The van der Waals surface area contributed by atoms with Gasteiger partial charge in [-0.2, -0.15) is 0 Å². The minimum atomic E-state index is -0.292. The Labute approximate surface area is 116 Å². The molecule has 19 heavy (non-hydrogen) atoms. The van der Waals surface area contributed by atoms with Crippen molar-refractivity contribution in [1.82, 2.24) is 9.97 Å². The monoisotopic (exact) mass is 275 g/mol. The summed E-state index contributed by atoms with van der Waals surface area (Å²) >= 11 is 5.64. The second-order valence-electron chi connectivity index (χ2n) is 4.45. The lowest BCUT2D eigenvalue weighted by Gasteiger charge is -2.12. The average molecular weight is 276 g/mol. The molecule has 0 saturated carbocycles. The number of halogens is 1. The number of carbonyl (C=O) groups excluding carboxylic acids is 1. The van der Waals surface area contributed by atoms with Crippen molar-refractivity contribution in [1.29, 1.82) is 0 Å². The summed E-state index contributed by atoms with van der Waals surface area (Å²) in [6.45, 7) is 5.95. The lowest BCUT2D eigenvalue weighted by Crippen LogP contribution is -2.15. The number of hydrogen-bond acceptors (Lipinski definition) is 3. The molecule has 0 bridgehead atoms. The summed E-state index contributed by atoms with van der Waals surface area (Å²) in [7, 11) is 0. The fraction of sp³-hybridized carbons (Fsp3) is 0.214. The van der Waals surface area contributed by atoms with Crippen LogP contribution in [0.3, 0.4) is 0 Å². The zero-order valence-electron chi connectivity index (χ0n) is 11.0. The van der Waals surface area contributed by atoms with Crippen LogP contribution >= 0.6 is 11.6 Å². The van der Waals surface area contributed by atoms with Gasteiger partial charge in [-0.3, -0.25) is 4.79 Å². The molecule has 0 aliphatic carbocycles. The molecule has 0 saturated heterocycles. The molecule has 2 rings (SSSR count). The first-order valence-electron chi connectivity index (χ1n) is 5.84. The fourth-order valence-corrected chi connectivity index (χ4v) is 2.08. The van der Waals surface area contributed by atoms with Crippen molar-refractivity contribution in [2.45, 2.75) is 20.8 Å². The van der Waals surface area contributed by atoms with E-state index in [2.05, 4.69) is 15.3 Å². The maximum Gasteiger partial charge on any atom is 0.275 e. The van der Waals surface area contributed by atoms with Gasteiger partial charge in [-0.1, -0.05) is 29.3 Å². The fourth-order valence-electron chi connectivity index (χ4n) is 1.98. The molecule has 1 aromatic heterocycles. The quantitative estimate of drug-likeness (QED) is 0.915. The van der Waals surface area contributed by atoms with Gasteiger partial charge in [-0.15, -0.1) is 0 Å². The normalized spacial score (nSPS) is 10.3. The second kappa shape index (κ2) is 5.36. The van der Waals surface area contributed by atoms with Gasteiger partial charge in [-0.25, -0.2) is 9.97 Å². The minimum absolute atomic E-state index is 0.240. The van der Waals surface area contributed by atoms with E-state index in [0.29, 0.717) is 0 Å². The molecule has 5 heteroatoms. The molecular formula is C14H14ClN3O. The van der Waals surface area contributed by atoms with E-state index < -0.39 is 0 Å². The van der Waals surface area contributed by atoms with Crippen molar-refractivity contribution in [3.8, 4) is 0 Å². The Bertz CT molecular complexity index is 600. The molecule has 1 heterocycles. The van der Waals surface area contributed by atoms with Gasteiger partial charge in [0.1, 0.15) is 10.8 Å². The number of amides is 1. The highest BCUT2D eigenvalue weighted by Crippen LogP contribution is 2.22. The van der Waals surface area contributed by atoms with Gasteiger partial charge in [0.2, 0.25) is 0 Å². The highest BCUT2D eigenvalue weighted by Gasteiger charge is 2.11. The molecule has 0 aliphatic rings. The Morgan fingerprint density at radius 2 is 1.74 bits per heavy atom. The molecule has 0 aliphatic heterocycles. The van der Waals surface area contributed by atoms with Crippen LogP contribution in [-0.4, -0.2) is 15.9 Å². The minimum Gasteiger partial charge on any atom is -0.320 e. The van der Waals surface area contributed by atoms with Crippen molar-refractivity contribution in [2.24, 2.45) is 0 Å². The number of aromatic nitrogens is 2. The second-order valence-corrected chi connectivity index (χ2v) is 4.84. The number of aryl methyl sites for hydroxylation is 3. The molecule has 0 radical (unpaired) electrons. The van der Waals surface area contributed by atoms with Crippen LogP contribution in [0.1, 0.15) is 27.2 Å². The summed E-state index contributed by atoms with van der Waals surface area (Å²) in [4.78, 5) is 19.8. The Kier molecular flexibility index (Phi) is 3.81. The van der Waals surface area contributed by atoms with E-state index in [4.69, 9.17) is 11.6 Å². The summed E-state index contributed by atoms with van der Waals surface area (Å²) in [6, 6.07) is 4.05. The van der Waals surface area contributed by atoms with E-state index in [1.807, 2.05) is 32.9 Å². The van der Waals surface area contributed by atoms with E-state index in [1.165, 1.54) is 18.0 Å². The summed E-state index contributed by atoms with van der Waals surface area (Å²) in [5.74, 6) is -0.292. The molecule has 0 fully saturated rings. The van der Waals surface area contributed by atoms with Crippen molar-refractivity contribution in [3.63, 3.8) is 0 Å². The molecule has 98 valence electrons. The number of nitrogens with zero attached hydrogens (tertiary/aromatic N) is 2. The molecule has 1 aromatic carbocycles. The third kappa shape index (κ3) is 3.09. The van der Waals surface area contributed by atoms with Gasteiger partial charge in [0, 0.05) is 5.69 Å². The van der Waals surface area contributed by atoms with Crippen LogP contribution in [0.4, 0.5) is 5.69 Å². The standard InChI is InChI=1S/C14H14ClN3O/c1-8-4-9(2)13(10(3)5-8)18-14(19)11-6-17-12(15)7-16-11/h4-7H,1-3H3,(H,18,19). The van der Waals surface area contributed by atoms with Crippen LogP contribution < -0.4 is 5.32 Å². The van der Waals surface area contributed by atoms with Crippen molar-refractivity contribution >= 4 is 23.2 Å². The van der Waals surface area contributed by atoms with Crippen molar-refractivity contribution < 1.29 is 4.79 Å². The number of anilines is 1. The first-order chi connectivity index (χ1) is 8.97. The van der Waals surface area contributed by atoms with Crippen LogP contribution in [-0.2, 0) is 0 Å². The van der Waals surface area contributed by atoms with Gasteiger partial charge < -0.3 is 5.32 Å². The van der Waals surface area contributed by atoms with Crippen molar-refractivity contribution in [3.05, 3.63) is 52.1 Å². The van der Waals surface area contributed by atoms with Gasteiger partial charge in [0.15, 0.2) is 0 Å². The Hall–Kier alpha value is -1.94. The zero-order valence-corrected chi connectivity index (χ0v) is 11.7. The van der Waals surface area contributed by atoms with E-state index >= 15 is 0 Å². The largest absolute Gasteiger partial charge is 0.320 e. The molecule has 0 spiro atoms. The Morgan fingerprint density at radius 3 is 2.26 bits per heavy atom. The van der Waals surface area contributed by atoms with E-state index in [9.17, 15) is 4.79 Å². The molecule has 0 unspecified atom stereocenters. The van der Waals surface area contributed by atoms with Crippen LogP contribution in [0.5, 0.6) is 0 Å². The third-order valence-electron chi connectivity index (χ3n) is 2.77. The molecule has 1 N–H and O–H groups in total. The summed E-state index contributed by atoms with van der Waals surface area (Å²) < 4.78 is 0. The average Bonchev–Trinajstić information content (AvgIpc) is 2.34. The van der Waals surface area contributed by atoms with Crippen LogP contribution in [0.25, 0.3) is 0 Å². The zero-order chi connectivity index (χ0) is 14.0. The Balaban J connectivity index is 2.26. The number of hydrogen-bond donors (Lipinski definition) is 1. The maximum absolute atomic E-state index is 12.1. The third-order valence-corrected chi connectivity index (χ3v) is 2.96. The van der Waals surface area contributed by atoms with E-state index in [1.54, 1.807) is 0 Å². The first kappa shape index (κ1) is 13.5. The number of benzene rings is 1. The van der Waals surface area contributed by atoms with E-state index in [-0.39, 0.29) is 16.8 Å². The lowest BCUT2D eigenvalue weighted by atomic mass is 10.1. The maximum atomic E-state index is 12.1. The molecule has 2 aromatic rings. The van der Waals surface area contributed by atoms with Crippen LogP contribution in [0, 0.1) is 20.8 Å². The SMILES string of the molecule is Cc1cc(C)c(NC(=O)c2cnc(Cl)cn2)c(C)c1. The summed E-state index contributed by atoms with van der Waals surface area (Å²) in [6.07, 6.45) is 2.71. The predicted octanol–water partition coefficient (Wildman–Crippen LogP) is 3.31. The van der Waals surface area contributed by atoms with Gasteiger partial charge >= 0.3 is 0 Å². The smallest absolute Gasteiger partial charge is 0.275 e. The van der Waals surface area contributed by atoms with Crippen molar-refractivity contribution in [2.75, 3.05) is 5.32 Å². The highest BCUT2D eigenvalue weighted by atomic mass is 35.5. The number of rotatable bonds is 2. The van der Waals surface area contributed by atoms with Gasteiger partial charge in [0.05, 0.1) is 12.4 Å². The summed E-state index contributed by atoms with van der Waals surface area (Å²) in [5.41, 5.74) is 4.26. The first-order valence-corrected chi connectivity index (χ1v) is 6.22.